The second-order valence-electron chi connectivity index (χ2n) is 7.04. The summed E-state index contributed by atoms with van der Waals surface area (Å²) in [6.45, 7) is 4.65. The first-order chi connectivity index (χ1) is 14.0. The van der Waals surface area contributed by atoms with E-state index in [1.54, 1.807) is 12.1 Å². The number of fused-ring (bicyclic) bond motifs is 1. The third kappa shape index (κ3) is 3.85. The summed E-state index contributed by atoms with van der Waals surface area (Å²) in [5.74, 6) is 0.412. The third-order valence-corrected chi connectivity index (χ3v) is 4.89. The van der Waals surface area contributed by atoms with E-state index in [1.807, 2.05) is 24.4 Å². The number of hydrogen-bond acceptors (Lipinski definition) is 4. The molecule has 29 heavy (non-hydrogen) atoms. The SMILES string of the molecule is COC(=O)c1ccc(Cn2cc(C=Nc3ccc(C)cc3C)c3ccccc32)o1. The highest BCUT2D eigenvalue weighted by atomic mass is 16.5. The van der Waals surface area contributed by atoms with Gasteiger partial charge in [0.2, 0.25) is 5.76 Å². The summed E-state index contributed by atoms with van der Waals surface area (Å²) in [7, 11) is 1.34. The van der Waals surface area contributed by atoms with Crippen LogP contribution in [-0.4, -0.2) is 23.9 Å². The minimum Gasteiger partial charge on any atom is -0.463 e. The molecule has 0 amide bonds. The van der Waals surface area contributed by atoms with Crippen LogP contribution in [0.15, 0.2) is 70.2 Å². The Morgan fingerprint density at radius 1 is 1.14 bits per heavy atom. The van der Waals surface area contributed by atoms with Gasteiger partial charge in [-0.25, -0.2) is 4.79 Å². The maximum Gasteiger partial charge on any atom is 0.373 e. The molecule has 5 heteroatoms. The number of aliphatic imine (C=N–C) groups is 1. The molecule has 0 saturated heterocycles. The molecule has 0 unspecified atom stereocenters. The highest BCUT2D eigenvalue weighted by Crippen LogP contribution is 2.24. The van der Waals surface area contributed by atoms with Gasteiger partial charge in [0.25, 0.3) is 0 Å². The summed E-state index contributed by atoms with van der Waals surface area (Å²) < 4.78 is 12.4. The summed E-state index contributed by atoms with van der Waals surface area (Å²) in [5, 5.41) is 1.11. The fourth-order valence-corrected chi connectivity index (χ4v) is 3.44. The Hall–Kier alpha value is -3.60. The zero-order valence-corrected chi connectivity index (χ0v) is 16.7. The number of benzene rings is 2. The Morgan fingerprint density at radius 2 is 1.97 bits per heavy atom. The fourth-order valence-electron chi connectivity index (χ4n) is 3.44. The minimum atomic E-state index is -0.477. The maximum atomic E-state index is 11.6. The van der Waals surface area contributed by atoms with Crippen molar-refractivity contribution in [2.75, 3.05) is 7.11 Å². The Kier molecular flexibility index (Phi) is 5.04. The van der Waals surface area contributed by atoms with Gasteiger partial charge in [-0.15, -0.1) is 0 Å². The van der Waals surface area contributed by atoms with Crippen LogP contribution in [0.3, 0.4) is 0 Å². The zero-order valence-electron chi connectivity index (χ0n) is 16.7. The number of ether oxygens (including phenoxy) is 1. The highest BCUT2D eigenvalue weighted by Gasteiger charge is 2.13. The number of methoxy groups -OCH3 is 1. The number of rotatable bonds is 5. The number of nitrogens with zero attached hydrogens (tertiary/aromatic N) is 2. The number of furan rings is 1. The van der Waals surface area contributed by atoms with E-state index in [-0.39, 0.29) is 5.76 Å². The van der Waals surface area contributed by atoms with Crippen LogP contribution in [0.4, 0.5) is 5.69 Å². The van der Waals surface area contributed by atoms with E-state index in [0.29, 0.717) is 12.3 Å². The standard InChI is InChI=1S/C24H22N2O3/c1-16-8-10-21(17(2)12-16)25-13-18-14-26(22-7-5-4-6-20(18)22)15-19-9-11-23(29-19)24(27)28-3/h4-14H,15H2,1-3H3. The van der Waals surface area contributed by atoms with Gasteiger partial charge in [0.15, 0.2) is 0 Å². The van der Waals surface area contributed by atoms with Gasteiger partial charge in [-0.3, -0.25) is 4.99 Å². The van der Waals surface area contributed by atoms with Crippen molar-refractivity contribution in [2.45, 2.75) is 20.4 Å². The summed E-state index contributed by atoms with van der Waals surface area (Å²) in [5.41, 5.74) is 5.44. The molecule has 0 aliphatic heterocycles. The fraction of sp³-hybridized carbons (Fsp3) is 0.167. The van der Waals surface area contributed by atoms with Crippen LogP contribution in [0.1, 0.15) is 33.0 Å². The second-order valence-corrected chi connectivity index (χ2v) is 7.04. The van der Waals surface area contributed by atoms with Crippen molar-refractivity contribution < 1.29 is 13.9 Å². The van der Waals surface area contributed by atoms with Crippen LogP contribution in [0.5, 0.6) is 0 Å². The van der Waals surface area contributed by atoms with Crippen LogP contribution in [0, 0.1) is 13.8 Å². The molecule has 0 aliphatic carbocycles. The van der Waals surface area contributed by atoms with Gasteiger partial charge in [-0.05, 0) is 43.7 Å². The van der Waals surface area contributed by atoms with Crippen LogP contribution in [-0.2, 0) is 11.3 Å². The Bertz CT molecular complexity index is 1210. The summed E-state index contributed by atoms with van der Waals surface area (Å²) in [4.78, 5) is 16.3. The second kappa shape index (κ2) is 7.80. The van der Waals surface area contributed by atoms with Gasteiger partial charge < -0.3 is 13.7 Å². The van der Waals surface area contributed by atoms with Crippen molar-refractivity contribution in [3.05, 3.63) is 89.0 Å². The van der Waals surface area contributed by atoms with Crippen molar-refractivity contribution in [1.82, 2.24) is 4.57 Å². The molecule has 4 rings (SSSR count). The Morgan fingerprint density at radius 3 is 2.76 bits per heavy atom. The molecule has 4 aromatic rings. The van der Waals surface area contributed by atoms with E-state index in [0.717, 1.165) is 27.7 Å². The number of para-hydroxylation sites is 1. The average molecular weight is 386 g/mol. The molecule has 0 radical (unpaired) electrons. The molecule has 2 heterocycles. The van der Waals surface area contributed by atoms with E-state index < -0.39 is 5.97 Å². The lowest BCUT2D eigenvalue weighted by atomic mass is 10.1. The number of hydrogen-bond donors (Lipinski definition) is 0. The molecular formula is C24H22N2O3. The highest BCUT2D eigenvalue weighted by molar-refractivity contribution is 6.00. The number of carbonyl (C=O) groups is 1. The average Bonchev–Trinajstić information content (AvgIpc) is 3.32. The molecule has 0 fully saturated rings. The van der Waals surface area contributed by atoms with E-state index in [9.17, 15) is 4.79 Å². The van der Waals surface area contributed by atoms with Gasteiger partial charge in [0, 0.05) is 28.9 Å². The van der Waals surface area contributed by atoms with Crippen molar-refractivity contribution in [2.24, 2.45) is 4.99 Å². The largest absolute Gasteiger partial charge is 0.463 e. The molecule has 146 valence electrons. The van der Waals surface area contributed by atoms with Crippen molar-refractivity contribution in [3.63, 3.8) is 0 Å². The molecule has 0 spiro atoms. The Balaban J connectivity index is 1.67. The number of aryl methyl sites for hydroxylation is 2. The van der Waals surface area contributed by atoms with Crippen molar-refractivity contribution in [3.8, 4) is 0 Å². The van der Waals surface area contributed by atoms with Gasteiger partial charge in [-0.1, -0.05) is 35.9 Å². The quantitative estimate of drug-likeness (QED) is 0.339. The molecule has 0 atom stereocenters. The number of aromatic nitrogens is 1. The lowest BCUT2D eigenvalue weighted by Gasteiger charge is -2.02. The lowest BCUT2D eigenvalue weighted by molar-refractivity contribution is 0.0563. The number of esters is 1. The van der Waals surface area contributed by atoms with Crippen molar-refractivity contribution in [1.29, 1.82) is 0 Å². The normalized spacial score (nSPS) is 11.4. The van der Waals surface area contributed by atoms with Crippen LogP contribution < -0.4 is 0 Å². The monoisotopic (exact) mass is 386 g/mol. The maximum absolute atomic E-state index is 11.6. The first-order valence-corrected chi connectivity index (χ1v) is 9.41. The molecule has 5 nitrogen and oxygen atoms in total. The predicted molar refractivity (Wildman–Crippen MR) is 114 cm³/mol. The molecule has 2 aromatic carbocycles. The summed E-state index contributed by atoms with van der Waals surface area (Å²) >= 11 is 0. The summed E-state index contributed by atoms with van der Waals surface area (Å²) in [6, 6.07) is 17.8. The van der Waals surface area contributed by atoms with Crippen LogP contribution in [0.2, 0.25) is 0 Å². The third-order valence-electron chi connectivity index (χ3n) is 4.89. The summed E-state index contributed by atoms with van der Waals surface area (Å²) in [6.07, 6.45) is 3.95. The van der Waals surface area contributed by atoms with E-state index in [2.05, 4.69) is 48.9 Å². The van der Waals surface area contributed by atoms with Gasteiger partial charge >= 0.3 is 5.97 Å². The lowest BCUT2D eigenvalue weighted by Crippen LogP contribution is -1.99. The predicted octanol–water partition coefficient (Wildman–Crippen LogP) is 5.44. The molecule has 0 aliphatic rings. The smallest absolute Gasteiger partial charge is 0.373 e. The van der Waals surface area contributed by atoms with Gasteiger partial charge in [-0.2, -0.15) is 0 Å². The molecule has 0 saturated carbocycles. The molecule has 0 bridgehead atoms. The van der Waals surface area contributed by atoms with E-state index >= 15 is 0 Å². The molecule has 2 aromatic heterocycles. The molecule has 0 N–H and O–H groups in total. The van der Waals surface area contributed by atoms with Gasteiger partial charge in [0.1, 0.15) is 5.76 Å². The first-order valence-electron chi connectivity index (χ1n) is 9.41. The zero-order chi connectivity index (χ0) is 20.4. The van der Waals surface area contributed by atoms with E-state index in [4.69, 9.17) is 14.1 Å². The number of carbonyl (C=O) groups excluding carboxylic acids is 1. The van der Waals surface area contributed by atoms with Crippen LogP contribution >= 0.6 is 0 Å². The first kappa shape index (κ1) is 18.7. The van der Waals surface area contributed by atoms with E-state index in [1.165, 1.54) is 12.7 Å². The minimum absolute atomic E-state index is 0.204. The van der Waals surface area contributed by atoms with Gasteiger partial charge in [0.05, 0.1) is 19.3 Å². The Labute approximate surface area is 169 Å². The van der Waals surface area contributed by atoms with Crippen molar-refractivity contribution >= 4 is 28.8 Å². The molecular weight excluding hydrogens is 364 g/mol. The topological polar surface area (TPSA) is 56.7 Å². The van der Waals surface area contributed by atoms with Crippen LogP contribution in [0.25, 0.3) is 10.9 Å².